The minimum absolute atomic E-state index is 0.0414. The molecule has 0 bridgehead atoms. The molecular weight excluding hydrogens is 529 g/mol. The van der Waals surface area contributed by atoms with Crippen molar-refractivity contribution in [1.82, 2.24) is 5.32 Å². The van der Waals surface area contributed by atoms with Gasteiger partial charge in [-0.25, -0.2) is 0 Å². The molecule has 0 radical (unpaired) electrons. The number of Topliss-reactive ketones (excluding diaryl/α,β-unsaturated/α-hetero) is 1. The molecule has 8 heteroatoms. The summed E-state index contributed by atoms with van der Waals surface area (Å²) in [6.45, 7) is 14.5. The van der Waals surface area contributed by atoms with Crippen molar-refractivity contribution < 1.29 is 27.6 Å². The van der Waals surface area contributed by atoms with Crippen LogP contribution in [0.3, 0.4) is 0 Å². The molecule has 0 aromatic rings. The molecule has 0 unspecified atom stereocenters. The molecular formula is C33H43F3N2O3. The van der Waals surface area contributed by atoms with E-state index in [1.54, 1.807) is 12.2 Å². The van der Waals surface area contributed by atoms with Crippen LogP contribution in [-0.4, -0.2) is 29.2 Å². The molecule has 1 N–H and O–H groups in total. The number of hydrogen-bond donors (Lipinski definition) is 1. The summed E-state index contributed by atoms with van der Waals surface area (Å²) in [5, 5.41) is 12.7. The molecule has 7 atom stereocenters. The maximum atomic E-state index is 14.4. The molecule has 224 valence electrons. The Morgan fingerprint density at radius 2 is 1.66 bits per heavy atom. The van der Waals surface area contributed by atoms with Crippen molar-refractivity contribution >= 4 is 17.5 Å². The Bertz CT molecular complexity index is 1320. The Labute approximate surface area is 241 Å². The van der Waals surface area contributed by atoms with Crippen molar-refractivity contribution in [3.05, 3.63) is 23.3 Å². The summed E-state index contributed by atoms with van der Waals surface area (Å²) in [6, 6.07) is 2.12. The van der Waals surface area contributed by atoms with E-state index in [1.807, 2.05) is 13.8 Å². The number of hydrogen-bond acceptors (Lipinski definition) is 4. The maximum absolute atomic E-state index is 14.4. The number of fused-ring (bicyclic) bond motifs is 7. The van der Waals surface area contributed by atoms with Crippen molar-refractivity contribution in [3.8, 4) is 6.07 Å². The van der Waals surface area contributed by atoms with Crippen molar-refractivity contribution in [2.75, 3.05) is 0 Å². The van der Waals surface area contributed by atoms with Crippen LogP contribution in [0.5, 0.6) is 0 Å². The van der Waals surface area contributed by atoms with Gasteiger partial charge < -0.3 is 5.32 Å². The molecule has 3 fully saturated rings. The number of rotatable bonds is 2. The Balaban J connectivity index is 1.63. The summed E-state index contributed by atoms with van der Waals surface area (Å²) < 4.78 is 39.5. The van der Waals surface area contributed by atoms with E-state index in [2.05, 4.69) is 46.0 Å². The lowest BCUT2D eigenvalue weighted by Crippen LogP contribution is -2.69. The fourth-order valence-electron chi connectivity index (χ4n) is 10.4. The van der Waals surface area contributed by atoms with Gasteiger partial charge in [0.25, 0.3) is 0 Å². The van der Waals surface area contributed by atoms with Crippen molar-refractivity contribution in [2.45, 2.75) is 112 Å². The third-order valence-corrected chi connectivity index (χ3v) is 12.6. The molecule has 0 heterocycles. The summed E-state index contributed by atoms with van der Waals surface area (Å²) in [7, 11) is 0. The second kappa shape index (κ2) is 8.80. The van der Waals surface area contributed by atoms with Crippen LogP contribution in [0, 0.1) is 56.2 Å². The Hall–Kier alpha value is -2.43. The quantitative estimate of drug-likeness (QED) is 0.385. The van der Waals surface area contributed by atoms with Crippen LogP contribution >= 0.6 is 0 Å². The first-order chi connectivity index (χ1) is 18.7. The van der Waals surface area contributed by atoms with E-state index in [4.69, 9.17) is 0 Å². The van der Waals surface area contributed by atoms with Gasteiger partial charge in [-0.3, -0.25) is 14.4 Å². The molecule has 5 rings (SSSR count). The zero-order valence-corrected chi connectivity index (χ0v) is 25.3. The van der Waals surface area contributed by atoms with Crippen molar-refractivity contribution in [3.63, 3.8) is 0 Å². The lowest BCUT2D eigenvalue weighted by atomic mass is 9.35. The SMILES string of the molecule is CC1(C)CC[C@@]2(NC(=O)CC(F)(F)F)CC[C@]3(C)[C@H](C(=O)C=C4[C@]5(C)C=C(C#N)C(=O)C(C)(C)[C@@H]5CC[C@@]43C)[C@@H]2C1. The number of ketones is 2. The van der Waals surface area contributed by atoms with Gasteiger partial charge in [-0.1, -0.05) is 60.1 Å². The van der Waals surface area contributed by atoms with Gasteiger partial charge in [0.1, 0.15) is 12.5 Å². The number of alkyl halides is 3. The first-order valence-corrected chi connectivity index (χ1v) is 15.0. The zero-order chi connectivity index (χ0) is 30.6. The van der Waals surface area contributed by atoms with E-state index in [1.165, 1.54) is 0 Å². The Kier molecular flexibility index (Phi) is 6.45. The second-order valence-electron chi connectivity index (χ2n) is 15.8. The summed E-state index contributed by atoms with van der Waals surface area (Å²) >= 11 is 0. The molecule has 0 aliphatic heterocycles. The van der Waals surface area contributed by atoms with Crippen LogP contribution in [0.15, 0.2) is 23.3 Å². The minimum atomic E-state index is -4.60. The highest BCUT2D eigenvalue weighted by Crippen LogP contribution is 2.73. The number of nitrogens with zero attached hydrogens (tertiary/aromatic N) is 1. The molecule has 0 saturated heterocycles. The number of nitriles is 1. The predicted molar refractivity (Wildman–Crippen MR) is 148 cm³/mol. The lowest BCUT2D eigenvalue weighted by molar-refractivity contribution is -0.170. The van der Waals surface area contributed by atoms with Gasteiger partial charge in [-0.2, -0.15) is 18.4 Å². The average Bonchev–Trinajstić information content (AvgIpc) is 2.82. The summed E-state index contributed by atoms with van der Waals surface area (Å²) in [4.78, 5) is 40.4. The van der Waals surface area contributed by atoms with E-state index in [0.717, 1.165) is 24.8 Å². The first kappa shape index (κ1) is 30.0. The maximum Gasteiger partial charge on any atom is 0.397 e. The largest absolute Gasteiger partial charge is 0.397 e. The summed E-state index contributed by atoms with van der Waals surface area (Å²) in [5.41, 5.74) is -2.18. The van der Waals surface area contributed by atoms with Gasteiger partial charge in [0, 0.05) is 22.3 Å². The normalized spacial score (nSPS) is 42.8. The lowest BCUT2D eigenvalue weighted by Gasteiger charge is -2.69. The van der Waals surface area contributed by atoms with Crippen LogP contribution in [0.1, 0.15) is 99.8 Å². The van der Waals surface area contributed by atoms with Crippen molar-refractivity contribution in [1.29, 1.82) is 5.26 Å². The standard InChI is InChI=1S/C33H43F3N2O3/c1-27(2)10-12-32(38-24(40)17-33(34,35)36)13-11-31(7)25(20(32)16-27)21(39)14-23-29(5)15-19(18-37)26(41)28(3,4)22(29)8-9-30(23,31)6/h14-15,20,22,25H,8-13,16-17H2,1-7H3,(H,38,40)/t20-,22-,25-,29+,30-,31+,32+/m0/s1. The predicted octanol–water partition coefficient (Wildman–Crippen LogP) is 7.03. The van der Waals surface area contributed by atoms with E-state index in [-0.39, 0.29) is 34.4 Å². The fraction of sp³-hybridized carbons (Fsp3) is 0.758. The average molecular weight is 573 g/mol. The highest BCUT2D eigenvalue weighted by molar-refractivity contribution is 6.04. The number of amides is 1. The zero-order valence-electron chi connectivity index (χ0n) is 25.3. The third kappa shape index (κ3) is 4.19. The van der Waals surface area contributed by atoms with E-state index in [9.17, 15) is 32.8 Å². The van der Waals surface area contributed by atoms with Crippen LogP contribution in [0.4, 0.5) is 13.2 Å². The van der Waals surface area contributed by atoms with Gasteiger partial charge in [-0.05, 0) is 79.1 Å². The van der Waals surface area contributed by atoms with Gasteiger partial charge in [-0.15, -0.1) is 0 Å². The Morgan fingerprint density at radius 1 is 1.02 bits per heavy atom. The molecule has 5 nitrogen and oxygen atoms in total. The van der Waals surface area contributed by atoms with E-state index < -0.39 is 51.6 Å². The molecule has 1 amide bonds. The molecule has 0 spiro atoms. The number of nitrogens with one attached hydrogen (secondary N) is 1. The molecule has 0 aromatic heterocycles. The van der Waals surface area contributed by atoms with Crippen LogP contribution in [0.25, 0.3) is 0 Å². The number of carbonyl (C=O) groups excluding carboxylic acids is 3. The van der Waals surface area contributed by atoms with E-state index in [0.29, 0.717) is 25.7 Å². The van der Waals surface area contributed by atoms with Gasteiger partial charge >= 0.3 is 6.18 Å². The molecule has 5 aliphatic carbocycles. The topological polar surface area (TPSA) is 87.0 Å². The van der Waals surface area contributed by atoms with Crippen molar-refractivity contribution in [2.24, 2.45) is 44.8 Å². The Morgan fingerprint density at radius 3 is 2.27 bits per heavy atom. The highest BCUT2D eigenvalue weighted by Gasteiger charge is 2.70. The smallest absolute Gasteiger partial charge is 0.350 e. The molecule has 0 aromatic carbocycles. The molecule has 41 heavy (non-hydrogen) atoms. The minimum Gasteiger partial charge on any atom is -0.350 e. The molecule has 3 saturated carbocycles. The van der Waals surface area contributed by atoms with Gasteiger partial charge in [0.15, 0.2) is 11.6 Å². The summed E-state index contributed by atoms with van der Waals surface area (Å²) in [5.74, 6) is -2.02. The van der Waals surface area contributed by atoms with Crippen LogP contribution < -0.4 is 5.32 Å². The first-order valence-electron chi connectivity index (χ1n) is 15.0. The third-order valence-electron chi connectivity index (χ3n) is 12.6. The number of carbonyl (C=O) groups is 3. The highest BCUT2D eigenvalue weighted by atomic mass is 19.4. The fourth-order valence-corrected chi connectivity index (χ4v) is 10.4. The number of halogens is 3. The summed E-state index contributed by atoms with van der Waals surface area (Å²) in [6.07, 6.45) is 2.05. The number of allylic oxidation sites excluding steroid dienone is 4. The van der Waals surface area contributed by atoms with Gasteiger partial charge in [0.2, 0.25) is 5.91 Å². The van der Waals surface area contributed by atoms with Crippen LogP contribution in [-0.2, 0) is 14.4 Å². The van der Waals surface area contributed by atoms with Gasteiger partial charge in [0.05, 0.1) is 5.57 Å². The molecule has 5 aliphatic rings. The van der Waals surface area contributed by atoms with E-state index >= 15 is 0 Å². The second-order valence-corrected chi connectivity index (χ2v) is 15.8. The monoisotopic (exact) mass is 572 g/mol. The van der Waals surface area contributed by atoms with Crippen LogP contribution in [0.2, 0.25) is 0 Å².